The second-order valence-corrected chi connectivity index (χ2v) is 9.17. The third-order valence-corrected chi connectivity index (χ3v) is 6.85. The molecule has 0 heterocycles. The van der Waals surface area contributed by atoms with Gasteiger partial charge in [0.05, 0.1) is 29.4 Å². The van der Waals surface area contributed by atoms with Crippen LogP contribution in [0, 0.1) is 0 Å². The zero-order valence-electron chi connectivity index (χ0n) is 19.4. The van der Waals surface area contributed by atoms with E-state index in [1.165, 1.54) is 14.0 Å². The van der Waals surface area contributed by atoms with Crippen LogP contribution in [-0.4, -0.2) is 25.1 Å². The summed E-state index contributed by atoms with van der Waals surface area (Å²) >= 11 is 0. The highest BCUT2D eigenvalue weighted by molar-refractivity contribution is 5.86. The van der Waals surface area contributed by atoms with Crippen molar-refractivity contribution < 1.29 is 35.9 Å². The minimum absolute atomic E-state index is 0.0413. The molecule has 3 N–H and O–H groups in total. The van der Waals surface area contributed by atoms with Crippen molar-refractivity contribution in [3.8, 4) is 0 Å². The maximum atomic E-state index is 13.3. The number of carbonyl (C=O) groups excluding carboxylic acids is 1. The van der Waals surface area contributed by atoms with Crippen LogP contribution >= 0.6 is 0 Å². The lowest BCUT2D eigenvalue weighted by Gasteiger charge is -2.44. The van der Waals surface area contributed by atoms with Crippen molar-refractivity contribution in [2.24, 2.45) is 5.73 Å². The van der Waals surface area contributed by atoms with Gasteiger partial charge in [-0.1, -0.05) is 30.3 Å². The first kappa shape index (κ1) is 27.0. The largest absolute Gasteiger partial charge is 0.416 e. The molecule has 2 aromatic rings. The van der Waals surface area contributed by atoms with E-state index in [2.05, 4.69) is 5.32 Å². The first-order chi connectivity index (χ1) is 16.2. The molecule has 1 amide bonds. The predicted octanol–water partition coefficient (Wildman–Crippen LogP) is 5.76. The molecular formula is C25H28F6N2O2. The standard InChI is InChI=1S/C25H28F6N2O2/c1-16(17-12-19(24(26,27)28)14-20(13-17)25(29,30)31)35-15-22(18-6-4-3-5-7-18)8-10-23(32,11-9-22)21(34)33-2/h3-7,12-14,16H,8-11,15,32H2,1-2H3,(H,33,34)/t16-,22?,23?/m1/s1. The number of halogens is 6. The van der Waals surface area contributed by atoms with Crippen molar-refractivity contribution in [3.63, 3.8) is 0 Å². The number of carbonyl (C=O) groups is 1. The normalized spacial score (nSPS) is 24.1. The van der Waals surface area contributed by atoms with Gasteiger partial charge >= 0.3 is 12.4 Å². The van der Waals surface area contributed by atoms with Crippen molar-refractivity contribution >= 4 is 5.91 Å². The lowest BCUT2D eigenvalue weighted by atomic mass is 9.64. The summed E-state index contributed by atoms with van der Waals surface area (Å²) in [5.74, 6) is -0.280. The molecule has 0 radical (unpaired) electrons. The molecule has 1 aliphatic carbocycles. The van der Waals surface area contributed by atoms with Gasteiger partial charge in [-0.3, -0.25) is 4.79 Å². The zero-order chi connectivity index (χ0) is 26.1. The van der Waals surface area contributed by atoms with Crippen LogP contribution in [0.4, 0.5) is 26.3 Å². The number of nitrogens with one attached hydrogen (secondary N) is 1. The lowest BCUT2D eigenvalue weighted by molar-refractivity contribution is -0.143. The highest BCUT2D eigenvalue weighted by Gasteiger charge is 2.46. The van der Waals surface area contributed by atoms with E-state index in [4.69, 9.17) is 10.5 Å². The fraction of sp³-hybridized carbons (Fsp3) is 0.480. The Morgan fingerprint density at radius 2 is 1.49 bits per heavy atom. The Balaban J connectivity index is 1.88. The number of alkyl halides is 6. The number of hydrogen-bond acceptors (Lipinski definition) is 3. The fourth-order valence-corrected chi connectivity index (χ4v) is 4.55. The molecule has 0 bridgehead atoms. The monoisotopic (exact) mass is 502 g/mol. The van der Waals surface area contributed by atoms with Gasteiger partial charge in [-0.25, -0.2) is 0 Å². The van der Waals surface area contributed by atoms with E-state index in [-0.39, 0.29) is 24.1 Å². The maximum absolute atomic E-state index is 13.3. The highest BCUT2D eigenvalue weighted by atomic mass is 19.4. The van der Waals surface area contributed by atoms with Crippen molar-refractivity contribution in [2.45, 2.75) is 62.0 Å². The summed E-state index contributed by atoms with van der Waals surface area (Å²) in [6.45, 7) is 1.47. The van der Waals surface area contributed by atoms with Gasteiger partial charge < -0.3 is 15.8 Å². The summed E-state index contributed by atoms with van der Waals surface area (Å²) in [7, 11) is 1.51. The first-order valence-corrected chi connectivity index (χ1v) is 11.2. The van der Waals surface area contributed by atoms with Crippen molar-refractivity contribution in [1.82, 2.24) is 5.32 Å². The van der Waals surface area contributed by atoms with Gasteiger partial charge in [0.25, 0.3) is 0 Å². The van der Waals surface area contributed by atoms with E-state index < -0.39 is 40.5 Å². The third-order valence-electron chi connectivity index (χ3n) is 6.85. The van der Waals surface area contributed by atoms with Crippen LogP contribution in [0.2, 0.25) is 0 Å². The Hall–Kier alpha value is -2.59. The minimum Gasteiger partial charge on any atom is -0.373 e. The molecule has 0 aromatic heterocycles. The van der Waals surface area contributed by atoms with E-state index >= 15 is 0 Å². The topological polar surface area (TPSA) is 64.4 Å². The molecule has 1 aliphatic rings. The summed E-state index contributed by atoms with van der Waals surface area (Å²) in [5, 5.41) is 2.57. The van der Waals surface area contributed by atoms with E-state index in [0.717, 1.165) is 5.56 Å². The molecule has 2 aromatic carbocycles. The summed E-state index contributed by atoms with van der Waals surface area (Å²) < 4.78 is 85.6. The molecule has 0 spiro atoms. The zero-order valence-corrected chi connectivity index (χ0v) is 19.4. The molecule has 10 heteroatoms. The molecule has 3 rings (SSSR count). The quantitative estimate of drug-likeness (QED) is 0.494. The number of ether oxygens (including phenoxy) is 1. The van der Waals surface area contributed by atoms with E-state index in [9.17, 15) is 31.1 Å². The van der Waals surface area contributed by atoms with Crippen LogP contribution in [0.25, 0.3) is 0 Å². The summed E-state index contributed by atoms with van der Waals surface area (Å²) in [4.78, 5) is 12.3. The molecule has 192 valence electrons. The number of likely N-dealkylation sites (N-methyl/N-ethyl adjacent to an activating group) is 1. The Bertz CT molecular complexity index is 996. The summed E-state index contributed by atoms with van der Waals surface area (Å²) in [6, 6.07) is 10.8. The van der Waals surface area contributed by atoms with Gasteiger partial charge in [0.2, 0.25) is 5.91 Å². The van der Waals surface area contributed by atoms with Gasteiger partial charge in [0.1, 0.15) is 0 Å². The number of hydrogen-bond donors (Lipinski definition) is 2. The molecule has 35 heavy (non-hydrogen) atoms. The highest BCUT2D eigenvalue weighted by Crippen LogP contribution is 2.44. The average Bonchev–Trinajstić information content (AvgIpc) is 2.82. The molecule has 0 aliphatic heterocycles. The van der Waals surface area contributed by atoms with Crippen LogP contribution in [0.15, 0.2) is 48.5 Å². The number of benzene rings is 2. The van der Waals surface area contributed by atoms with Gasteiger partial charge in [0.15, 0.2) is 0 Å². The Kier molecular flexibility index (Phi) is 7.57. The Labute approximate surface area is 199 Å². The number of amides is 1. The molecule has 1 fully saturated rings. The van der Waals surface area contributed by atoms with E-state index in [0.29, 0.717) is 37.8 Å². The van der Waals surface area contributed by atoms with Gasteiger partial charge in [-0.2, -0.15) is 26.3 Å². The minimum atomic E-state index is -4.94. The Morgan fingerprint density at radius 3 is 1.94 bits per heavy atom. The maximum Gasteiger partial charge on any atom is 0.416 e. The first-order valence-electron chi connectivity index (χ1n) is 11.2. The van der Waals surface area contributed by atoms with Gasteiger partial charge in [-0.05, 0) is 61.9 Å². The SMILES string of the molecule is CNC(=O)C1(N)CCC(CO[C@H](C)c2cc(C(F)(F)F)cc(C(F)(F)F)c2)(c2ccccc2)CC1. The van der Waals surface area contributed by atoms with Crippen LogP contribution in [0.5, 0.6) is 0 Å². The van der Waals surface area contributed by atoms with Crippen LogP contribution in [-0.2, 0) is 27.3 Å². The number of nitrogens with two attached hydrogens (primary N) is 1. The average molecular weight is 502 g/mol. The summed E-state index contributed by atoms with van der Waals surface area (Å²) in [5.41, 5.74) is 2.58. The second-order valence-electron chi connectivity index (χ2n) is 9.17. The van der Waals surface area contributed by atoms with Crippen LogP contribution in [0.1, 0.15) is 61.0 Å². The van der Waals surface area contributed by atoms with Crippen molar-refractivity contribution in [2.75, 3.05) is 13.7 Å². The molecular weight excluding hydrogens is 474 g/mol. The molecule has 0 saturated heterocycles. The van der Waals surface area contributed by atoms with Gasteiger partial charge in [0, 0.05) is 12.5 Å². The van der Waals surface area contributed by atoms with Crippen LogP contribution in [0.3, 0.4) is 0 Å². The summed E-state index contributed by atoms with van der Waals surface area (Å²) in [6.07, 6.45) is -9.29. The van der Waals surface area contributed by atoms with Crippen molar-refractivity contribution in [1.29, 1.82) is 0 Å². The molecule has 4 nitrogen and oxygen atoms in total. The molecule has 0 unspecified atom stereocenters. The predicted molar refractivity (Wildman–Crippen MR) is 118 cm³/mol. The van der Waals surface area contributed by atoms with Gasteiger partial charge in [-0.15, -0.1) is 0 Å². The van der Waals surface area contributed by atoms with E-state index in [1.807, 2.05) is 30.3 Å². The second kappa shape index (κ2) is 9.81. The van der Waals surface area contributed by atoms with Crippen LogP contribution < -0.4 is 11.1 Å². The van der Waals surface area contributed by atoms with E-state index in [1.54, 1.807) is 0 Å². The Morgan fingerprint density at radius 1 is 0.971 bits per heavy atom. The lowest BCUT2D eigenvalue weighted by Crippen LogP contribution is -2.57. The molecule has 1 saturated carbocycles. The third kappa shape index (κ3) is 5.98. The fourth-order valence-electron chi connectivity index (χ4n) is 4.55. The number of rotatable bonds is 6. The molecule has 1 atom stereocenters. The smallest absolute Gasteiger partial charge is 0.373 e. The van der Waals surface area contributed by atoms with Crippen molar-refractivity contribution in [3.05, 3.63) is 70.8 Å².